The lowest BCUT2D eigenvalue weighted by molar-refractivity contribution is -0.254. The fraction of sp³-hybridized carbons (Fsp3) is 0.333. The summed E-state index contributed by atoms with van der Waals surface area (Å²) in [5, 5.41) is 11.1. The van der Waals surface area contributed by atoms with E-state index < -0.39 is 16.8 Å². The zero-order valence-corrected chi connectivity index (χ0v) is 12.4. The number of fused-ring (bicyclic) bond motifs is 1. The molecule has 2 aromatic heterocycles. The molecule has 110 valence electrons. The summed E-state index contributed by atoms with van der Waals surface area (Å²) < 4.78 is 4.85. The maximum Gasteiger partial charge on any atom is 0.319 e. The highest BCUT2D eigenvalue weighted by Gasteiger charge is 2.28. The molecule has 3 rings (SSSR count). The first kappa shape index (κ1) is 14.1. The van der Waals surface area contributed by atoms with Crippen LogP contribution in [0.1, 0.15) is 21.7 Å². The highest BCUT2D eigenvalue weighted by Crippen LogP contribution is 2.30. The number of aromatic amines is 1. The van der Waals surface area contributed by atoms with E-state index in [1.165, 1.54) is 0 Å². The average molecular weight is 325 g/mol. The Kier molecular flexibility index (Phi) is 3.46. The van der Waals surface area contributed by atoms with E-state index in [2.05, 4.69) is 9.97 Å². The number of thioether (sulfide) groups is 1. The van der Waals surface area contributed by atoms with Crippen LogP contribution in [0.4, 0.5) is 0 Å². The van der Waals surface area contributed by atoms with Crippen molar-refractivity contribution in [3.05, 3.63) is 20.8 Å². The van der Waals surface area contributed by atoms with E-state index in [1.54, 1.807) is 6.92 Å². The summed E-state index contributed by atoms with van der Waals surface area (Å²) in [5.74, 6) is -1.66. The summed E-state index contributed by atoms with van der Waals surface area (Å²) in [5.41, 5.74) is -0.0734. The van der Waals surface area contributed by atoms with Gasteiger partial charge in [-0.05, 0) is 12.5 Å². The molecule has 7 nitrogen and oxygen atoms in total. The quantitative estimate of drug-likeness (QED) is 0.627. The van der Waals surface area contributed by atoms with Crippen LogP contribution in [0.5, 0.6) is 0 Å². The number of ether oxygens (including phenoxy) is 1. The third-order valence-corrected chi connectivity index (χ3v) is 5.40. The number of cyclic esters (lactones) is 1. The normalized spacial score (nSPS) is 18.1. The molecule has 2 aromatic rings. The standard InChI is InChI=1S/C12H10N2O5S2/c1-4-6-8(15)13-12(20-5-2-3-19-11(5)18)14-9(6)21-7(4)10(16)17/h5H,2-3H2,1H3,(H,16,17)(H,13,14,15)/p-1/t5-/m0/s1. The number of aromatic nitrogens is 2. The number of thiophene rings is 1. The lowest BCUT2D eigenvalue weighted by Crippen LogP contribution is -2.21. The Morgan fingerprint density at radius 3 is 2.90 bits per heavy atom. The number of hydrogen-bond donors (Lipinski definition) is 1. The van der Waals surface area contributed by atoms with E-state index in [9.17, 15) is 19.5 Å². The summed E-state index contributed by atoms with van der Waals surface area (Å²) in [7, 11) is 0. The summed E-state index contributed by atoms with van der Waals surface area (Å²) in [6.07, 6.45) is 0.555. The van der Waals surface area contributed by atoms with Crippen LogP contribution in [-0.4, -0.2) is 33.8 Å². The van der Waals surface area contributed by atoms with Crippen LogP contribution in [0.15, 0.2) is 9.95 Å². The second-order valence-corrected chi connectivity index (χ2v) is 6.65. The van der Waals surface area contributed by atoms with E-state index >= 15 is 0 Å². The van der Waals surface area contributed by atoms with E-state index in [1.807, 2.05) is 0 Å². The van der Waals surface area contributed by atoms with Crippen LogP contribution in [0.3, 0.4) is 0 Å². The molecule has 1 fully saturated rings. The van der Waals surface area contributed by atoms with Crippen molar-refractivity contribution in [1.29, 1.82) is 0 Å². The Morgan fingerprint density at radius 2 is 2.29 bits per heavy atom. The topological polar surface area (TPSA) is 112 Å². The van der Waals surface area contributed by atoms with Crippen molar-refractivity contribution in [3.8, 4) is 0 Å². The van der Waals surface area contributed by atoms with Crippen LogP contribution in [-0.2, 0) is 9.53 Å². The molecule has 1 aliphatic rings. The van der Waals surface area contributed by atoms with Gasteiger partial charge in [-0.25, -0.2) is 4.98 Å². The fourth-order valence-corrected chi connectivity index (χ4v) is 4.11. The van der Waals surface area contributed by atoms with Crippen LogP contribution >= 0.6 is 23.1 Å². The van der Waals surface area contributed by atoms with E-state index in [-0.39, 0.29) is 21.4 Å². The van der Waals surface area contributed by atoms with E-state index in [4.69, 9.17) is 4.74 Å². The molecule has 1 aliphatic heterocycles. The third kappa shape index (κ3) is 2.42. The molecule has 9 heteroatoms. The number of carboxylic acids is 1. The summed E-state index contributed by atoms with van der Waals surface area (Å²) >= 11 is 2.01. The molecule has 0 saturated carbocycles. The molecule has 0 spiro atoms. The largest absolute Gasteiger partial charge is 0.544 e. The van der Waals surface area contributed by atoms with Gasteiger partial charge in [0.25, 0.3) is 5.56 Å². The Bertz CT molecular complexity index is 810. The van der Waals surface area contributed by atoms with Crippen molar-refractivity contribution >= 4 is 45.3 Å². The molecule has 1 N–H and O–H groups in total. The molecule has 1 saturated heterocycles. The minimum absolute atomic E-state index is 0.00886. The summed E-state index contributed by atoms with van der Waals surface area (Å²) in [6, 6.07) is 0. The van der Waals surface area contributed by atoms with Crippen LogP contribution in [0, 0.1) is 6.92 Å². The minimum atomic E-state index is -1.33. The molecule has 21 heavy (non-hydrogen) atoms. The SMILES string of the molecule is Cc1c(C(=O)[O-])sc2nc(S[C@H]3CCOC3=O)[nH]c(=O)c12. The maximum absolute atomic E-state index is 12.1. The lowest BCUT2D eigenvalue weighted by atomic mass is 10.2. The number of carbonyl (C=O) groups is 2. The Balaban J connectivity index is 2.05. The van der Waals surface area contributed by atoms with Crippen molar-refractivity contribution in [1.82, 2.24) is 9.97 Å². The number of nitrogens with zero attached hydrogens (tertiary/aromatic N) is 1. The van der Waals surface area contributed by atoms with Gasteiger partial charge in [0.1, 0.15) is 10.1 Å². The molecule has 0 bridgehead atoms. The molecule has 1 atom stereocenters. The van der Waals surface area contributed by atoms with Gasteiger partial charge in [0.05, 0.1) is 22.8 Å². The van der Waals surface area contributed by atoms with Gasteiger partial charge >= 0.3 is 5.97 Å². The van der Waals surface area contributed by atoms with E-state index in [0.29, 0.717) is 23.4 Å². The monoisotopic (exact) mass is 325 g/mol. The van der Waals surface area contributed by atoms with Gasteiger partial charge in [-0.1, -0.05) is 11.8 Å². The Morgan fingerprint density at radius 1 is 1.52 bits per heavy atom. The maximum atomic E-state index is 12.1. The van der Waals surface area contributed by atoms with Gasteiger partial charge < -0.3 is 19.6 Å². The van der Waals surface area contributed by atoms with Crippen LogP contribution < -0.4 is 10.7 Å². The number of rotatable bonds is 3. The van der Waals surface area contributed by atoms with Gasteiger partial charge in [0, 0.05) is 6.42 Å². The van der Waals surface area contributed by atoms with Crippen molar-refractivity contribution in [3.63, 3.8) is 0 Å². The number of aromatic carboxylic acids is 1. The lowest BCUT2D eigenvalue weighted by Gasteiger charge is -2.04. The second kappa shape index (κ2) is 5.15. The van der Waals surface area contributed by atoms with Gasteiger partial charge in [-0.3, -0.25) is 9.59 Å². The summed E-state index contributed by atoms with van der Waals surface area (Å²) in [6.45, 7) is 1.90. The first-order valence-electron chi connectivity index (χ1n) is 6.05. The summed E-state index contributed by atoms with van der Waals surface area (Å²) in [4.78, 5) is 41.6. The zero-order chi connectivity index (χ0) is 15.1. The zero-order valence-electron chi connectivity index (χ0n) is 10.8. The number of carboxylic acid groups (broad SMARTS) is 1. The Hall–Kier alpha value is -1.87. The number of aryl methyl sites for hydroxylation is 1. The first-order chi connectivity index (χ1) is 9.97. The molecule has 0 amide bonds. The molecular formula is C12H9N2O5S2-. The highest BCUT2D eigenvalue weighted by atomic mass is 32.2. The van der Waals surface area contributed by atoms with Gasteiger partial charge in [-0.2, -0.15) is 0 Å². The molecule has 0 aromatic carbocycles. The molecular weight excluding hydrogens is 316 g/mol. The number of esters is 1. The second-order valence-electron chi connectivity index (χ2n) is 4.46. The predicted octanol–water partition coefficient (Wildman–Crippen LogP) is 0.0641. The number of hydrogen-bond acceptors (Lipinski definition) is 8. The predicted molar refractivity (Wildman–Crippen MR) is 74.5 cm³/mol. The molecule has 0 radical (unpaired) electrons. The van der Waals surface area contributed by atoms with Crippen molar-refractivity contribution in [2.24, 2.45) is 0 Å². The van der Waals surface area contributed by atoms with E-state index in [0.717, 1.165) is 23.1 Å². The van der Waals surface area contributed by atoms with Crippen molar-refractivity contribution < 1.29 is 19.4 Å². The first-order valence-corrected chi connectivity index (χ1v) is 7.75. The van der Waals surface area contributed by atoms with Gasteiger partial charge in [0.2, 0.25) is 0 Å². The van der Waals surface area contributed by atoms with Gasteiger partial charge in [-0.15, -0.1) is 11.3 Å². The number of nitrogens with one attached hydrogen (secondary N) is 1. The molecule has 3 heterocycles. The van der Waals surface area contributed by atoms with Gasteiger partial charge in [0.15, 0.2) is 5.16 Å². The minimum Gasteiger partial charge on any atom is -0.544 e. The Labute approximate surface area is 126 Å². The van der Waals surface area contributed by atoms with Crippen molar-refractivity contribution in [2.75, 3.05) is 6.61 Å². The molecule has 0 unspecified atom stereocenters. The average Bonchev–Trinajstić information content (AvgIpc) is 2.95. The van der Waals surface area contributed by atoms with Crippen LogP contribution in [0.2, 0.25) is 0 Å². The fourth-order valence-electron chi connectivity index (χ4n) is 2.09. The highest BCUT2D eigenvalue weighted by molar-refractivity contribution is 8.00. The van der Waals surface area contributed by atoms with Crippen LogP contribution in [0.25, 0.3) is 10.2 Å². The number of H-pyrrole nitrogens is 1. The smallest absolute Gasteiger partial charge is 0.319 e. The molecule has 0 aliphatic carbocycles. The number of carbonyl (C=O) groups excluding carboxylic acids is 2. The van der Waals surface area contributed by atoms with Crippen molar-refractivity contribution in [2.45, 2.75) is 23.8 Å². The third-order valence-electron chi connectivity index (χ3n) is 3.11.